The molecule has 0 aromatic heterocycles. The van der Waals surface area contributed by atoms with E-state index in [1.54, 1.807) is 23.5 Å². The van der Waals surface area contributed by atoms with Gasteiger partial charge in [-0.1, -0.05) is 24.3 Å². The molecule has 0 saturated carbocycles. The molecule has 0 amide bonds. The topological polar surface area (TPSA) is 146 Å². The first kappa shape index (κ1) is 43.2. The van der Waals surface area contributed by atoms with Crippen molar-refractivity contribution < 1.29 is 48.3 Å². The van der Waals surface area contributed by atoms with Gasteiger partial charge in [0.15, 0.2) is 0 Å². The van der Waals surface area contributed by atoms with E-state index in [9.17, 15) is 19.2 Å². The maximum Gasteiger partial charge on any atom is 0.331 e. The fourth-order valence-corrected chi connectivity index (χ4v) is 13.1. The first-order valence-corrected chi connectivity index (χ1v) is 23.5. The van der Waals surface area contributed by atoms with Crippen molar-refractivity contribution in [3.8, 4) is 11.5 Å². The van der Waals surface area contributed by atoms with E-state index < -0.39 is 36.1 Å². The molecule has 2 atom stereocenters. The van der Waals surface area contributed by atoms with E-state index in [1.165, 1.54) is 23.0 Å². The number of carbonyl (C=O) groups excluding carboxylic acids is 2. The number of benzene rings is 2. The van der Waals surface area contributed by atoms with Crippen LogP contribution in [0.15, 0.2) is 72.8 Å². The molecule has 0 spiro atoms. The summed E-state index contributed by atoms with van der Waals surface area (Å²) in [6, 6.07) is 15.4. The van der Waals surface area contributed by atoms with Crippen molar-refractivity contribution in [1.29, 1.82) is 0 Å². The maximum absolute atomic E-state index is 12.2. The highest BCUT2D eigenvalue weighted by molar-refractivity contribution is 8.20. The van der Waals surface area contributed by atoms with E-state index in [4.69, 9.17) is 29.2 Å². The second kappa shape index (κ2) is 24.8. The molecule has 2 aliphatic heterocycles. The van der Waals surface area contributed by atoms with Gasteiger partial charge in [0, 0.05) is 58.8 Å². The minimum atomic E-state index is -1.22. The highest BCUT2D eigenvalue weighted by Crippen LogP contribution is 2.36. The van der Waals surface area contributed by atoms with Gasteiger partial charge in [0.1, 0.15) is 36.9 Å². The standard InChI is InChI=1S/C37H44O10S6/c38-32(39)9-11-34(42)46-30(24-48-15-13-36-50-17-18-51-36)22-44-28-5-1-26(2-6-28)21-27-3-7-29(8-4-27)45-23-31(47-35(43)12-10-33(40)41)25-49-16-14-37-52-19-20-53-37/h1-12,30-31,36-37H,13-25H2,(H,38,39)(H,40,41)/b11-9-,12-10-. The van der Waals surface area contributed by atoms with Crippen molar-refractivity contribution in [2.45, 2.75) is 40.6 Å². The van der Waals surface area contributed by atoms with Gasteiger partial charge in [-0.2, -0.15) is 23.5 Å². The molecule has 2 unspecified atom stereocenters. The second-order valence-electron chi connectivity index (χ2n) is 11.6. The van der Waals surface area contributed by atoms with E-state index in [2.05, 4.69) is 0 Å². The Labute approximate surface area is 336 Å². The third-order valence-corrected chi connectivity index (χ3v) is 16.0. The molecule has 2 N–H and O–H groups in total. The fourth-order valence-electron chi connectivity index (χ4n) is 4.88. The first-order valence-electron chi connectivity index (χ1n) is 17.0. The average Bonchev–Trinajstić information content (AvgIpc) is 3.87. The van der Waals surface area contributed by atoms with E-state index in [-0.39, 0.29) is 13.2 Å². The molecule has 2 heterocycles. The minimum absolute atomic E-state index is 0.143. The smallest absolute Gasteiger partial charge is 0.331 e. The van der Waals surface area contributed by atoms with Crippen LogP contribution < -0.4 is 9.47 Å². The summed E-state index contributed by atoms with van der Waals surface area (Å²) in [6.07, 6.45) is 5.10. The van der Waals surface area contributed by atoms with Crippen LogP contribution in [0.2, 0.25) is 0 Å². The van der Waals surface area contributed by atoms with Gasteiger partial charge in [0.05, 0.1) is 9.16 Å². The van der Waals surface area contributed by atoms with E-state index in [1.807, 2.05) is 95.6 Å². The number of esters is 2. The summed E-state index contributed by atoms with van der Waals surface area (Å²) in [5.41, 5.74) is 2.14. The van der Waals surface area contributed by atoms with Crippen molar-refractivity contribution in [1.82, 2.24) is 0 Å². The summed E-state index contributed by atoms with van der Waals surface area (Å²) in [5, 5.41) is 17.7. The van der Waals surface area contributed by atoms with Gasteiger partial charge in [0.25, 0.3) is 0 Å². The van der Waals surface area contributed by atoms with E-state index in [0.717, 1.165) is 59.8 Å². The monoisotopic (exact) mass is 840 g/mol. The Balaban J connectivity index is 1.23. The van der Waals surface area contributed by atoms with Crippen molar-refractivity contribution in [3.05, 3.63) is 84.0 Å². The van der Waals surface area contributed by atoms with Gasteiger partial charge in [-0.05, 0) is 66.2 Å². The number of hydrogen-bond acceptors (Lipinski definition) is 14. The maximum atomic E-state index is 12.2. The van der Waals surface area contributed by atoms with Crippen LogP contribution in [0.1, 0.15) is 24.0 Å². The Kier molecular flexibility index (Phi) is 20.2. The van der Waals surface area contributed by atoms with Crippen molar-refractivity contribution in [2.24, 2.45) is 0 Å². The number of ether oxygens (including phenoxy) is 4. The number of thioether (sulfide) groups is 6. The van der Waals surface area contributed by atoms with Crippen molar-refractivity contribution >= 4 is 94.4 Å². The van der Waals surface area contributed by atoms with Gasteiger partial charge in [-0.25, -0.2) is 19.2 Å². The Morgan fingerprint density at radius 3 is 1.36 bits per heavy atom. The summed E-state index contributed by atoms with van der Waals surface area (Å²) >= 11 is 11.3. The SMILES string of the molecule is O=C(O)/C=C\C(=O)OC(COc1ccc(Cc2ccc(OCC(CSCCC3SCCS3)OC(=O)/C=C\C(=O)O)cc2)cc1)CSCCC1SCCS1. The number of hydrogen-bond donors (Lipinski definition) is 2. The number of carboxylic acids is 2. The highest BCUT2D eigenvalue weighted by Gasteiger charge is 2.20. The molecule has 0 radical (unpaired) electrons. The summed E-state index contributed by atoms with van der Waals surface area (Å²) < 4.78 is 24.2. The molecule has 10 nitrogen and oxygen atoms in total. The molecule has 53 heavy (non-hydrogen) atoms. The summed E-state index contributed by atoms with van der Waals surface area (Å²) in [5.74, 6) is 5.09. The normalized spacial score (nSPS) is 16.2. The number of carbonyl (C=O) groups is 4. The molecular weight excluding hydrogens is 797 g/mol. The highest BCUT2D eigenvalue weighted by atomic mass is 32.2. The molecule has 288 valence electrons. The lowest BCUT2D eigenvalue weighted by Crippen LogP contribution is -2.27. The fraction of sp³-hybridized carbons (Fsp3) is 0.459. The molecule has 2 fully saturated rings. The molecule has 2 aromatic carbocycles. The van der Waals surface area contributed by atoms with Crippen LogP contribution in [0.3, 0.4) is 0 Å². The lowest BCUT2D eigenvalue weighted by atomic mass is 10.0. The van der Waals surface area contributed by atoms with E-state index in [0.29, 0.717) is 38.6 Å². The first-order chi connectivity index (χ1) is 25.7. The number of rotatable bonds is 24. The van der Waals surface area contributed by atoms with Crippen LogP contribution in [0, 0.1) is 0 Å². The average molecular weight is 841 g/mol. The quantitative estimate of drug-likeness (QED) is 0.0635. The summed E-state index contributed by atoms with van der Waals surface area (Å²) in [6.45, 7) is 0.286. The third-order valence-electron chi connectivity index (χ3n) is 7.40. The zero-order chi connectivity index (χ0) is 37.7. The molecule has 0 aliphatic carbocycles. The van der Waals surface area contributed by atoms with Gasteiger partial charge >= 0.3 is 23.9 Å². The van der Waals surface area contributed by atoms with Crippen LogP contribution in [-0.4, -0.2) is 115 Å². The lowest BCUT2D eigenvalue weighted by Gasteiger charge is -2.18. The van der Waals surface area contributed by atoms with Gasteiger partial charge in [0.2, 0.25) is 0 Å². The number of carboxylic acid groups (broad SMARTS) is 2. The summed E-state index contributed by atoms with van der Waals surface area (Å²) in [4.78, 5) is 46.0. The van der Waals surface area contributed by atoms with Crippen LogP contribution in [0.25, 0.3) is 0 Å². The minimum Gasteiger partial charge on any atom is -0.490 e. The Morgan fingerprint density at radius 1 is 0.623 bits per heavy atom. The Morgan fingerprint density at radius 2 is 1.00 bits per heavy atom. The van der Waals surface area contributed by atoms with Gasteiger partial charge in [-0.3, -0.25) is 0 Å². The van der Waals surface area contributed by atoms with Crippen molar-refractivity contribution in [3.63, 3.8) is 0 Å². The molecule has 2 aromatic rings. The number of aliphatic carboxylic acids is 2. The van der Waals surface area contributed by atoms with Crippen LogP contribution >= 0.6 is 70.6 Å². The molecule has 2 aliphatic rings. The summed E-state index contributed by atoms with van der Waals surface area (Å²) in [7, 11) is 0. The predicted octanol–water partition coefficient (Wildman–Crippen LogP) is 7.00. The Bertz CT molecular complexity index is 1380. The third kappa shape index (κ3) is 18.6. The van der Waals surface area contributed by atoms with Gasteiger partial charge in [-0.15, -0.1) is 47.0 Å². The zero-order valence-corrected chi connectivity index (χ0v) is 33.9. The molecular formula is C37H44O10S6. The largest absolute Gasteiger partial charge is 0.490 e. The zero-order valence-electron chi connectivity index (χ0n) is 29.0. The molecule has 4 rings (SSSR count). The van der Waals surface area contributed by atoms with Crippen LogP contribution in [-0.2, 0) is 35.1 Å². The molecule has 0 bridgehead atoms. The van der Waals surface area contributed by atoms with E-state index >= 15 is 0 Å². The Hall–Kier alpha value is -2.50. The van der Waals surface area contributed by atoms with Crippen LogP contribution in [0.4, 0.5) is 0 Å². The van der Waals surface area contributed by atoms with Gasteiger partial charge < -0.3 is 29.2 Å². The molecule has 2 saturated heterocycles. The lowest BCUT2D eigenvalue weighted by molar-refractivity contribution is -0.144. The molecule has 16 heteroatoms. The predicted molar refractivity (Wildman–Crippen MR) is 221 cm³/mol. The second-order valence-corrected chi connectivity index (χ2v) is 19.8. The van der Waals surface area contributed by atoms with Crippen molar-refractivity contribution in [2.75, 3.05) is 59.2 Å². The van der Waals surface area contributed by atoms with Crippen LogP contribution in [0.5, 0.6) is 11.5 Å².